The standard InChI is InChI=1S/C27H18BrClN2O2S/c28-21-13-15(5-12-22(21)32)14-23-26(33)31-25(17-6-9-18(29)10-7-17)20-11-8-16-3-1-2-4-19(16)24(20)30-27(31)34-23/h1-7,9-10,12-14,25,32H,8,11H2. The van der Waals surface area contributed by atoms with Crippen molar-refractivity contribution in [2.24, 2.45) is 4.99 Å². The summed E-state index contributed by atoms with van der Waals surface area (Å²) < 4.78 is 3.01. The van der Waals surface area contributed by atoms with Crippen molar-refractivity contribution in [2.75, 3.05) is 0 Å². The lowest BCUT2D eigenvalue weighted by molar-refractivity contribution is 0.472. The second-order valence-electron chi connectivity index (χ2n) is 8.38. The van der Waals surface area contributed by atoms with Crippen molar-refractivity contribution in [1.82, 2.24) is 4.57 Å². The van der Waals surface area contributed by atoms with E-state index in [2.05, 4.69) is 34.1 Å². The fourth-order valence-electron chi connectivity index (χ4n) is 4.73. The molecule has 1 aliphatic carbocycles. The van der Waals surface area contributed by atoms with Gasteiger partial charge in [0.2, 0.25) is 0 Å². The smallest absolute Gasteiger partial charge is 0.271 e. The van der Waals surface area contributed by atoms with E-state index in [1.165, 1.54) is 16.9 Å². The minimum absolute atomic E-state index is 0.0710. The Bertz CT molecular complexity index is 1670. The zero-order chi connectivity index (χ0) is 23.4. The van der Waals surface area contributed by atoms with Crippen LogP contribution in [0.1, 0.15) is 34.7 Å². The molecule has 1 aliphatic heterocycles. The summed E-state index contributed by atoms with van der Waals surface area (Å²) in [5.41, 5.74) is 6.33. The van der Waals surface area contributed by atoms with Crippen LogP contribution < -0.4 is 14.9 Å². The molecule has 6 rings (SSSR count). The number of benzene rings is 3. The first-order chi connectivity index (χ1) is 16.5. The zero-order valence-electron chi connectivity index (χ0n) is 17.8. The van der Waals surface area contributed by atoms with Crippen molar-refractivity contribution < 1.29 is 5.11 Å². The van der Waals surface area contributed by atoms with Crippen LogP contribution >= 0.6 is 38.9 Å². The van der Waals surface area contributed by atoms with Crippen LogP contribution in [0.3, 0.4) is 0 Å². The fraction of sp³-hybridized carbons (Fsp3) is 0.111. The lowest BCUT2D eigenvalue weighted by atomic mass is 9.83. The highest BCUT2D eigenvalue weighted by atomic mass is 79.9. The molecule has 0 saturated heterocycles. The van der Waals surface area contributed by atoms with Gasteiger partial charge in [-0.25, -0.2) is 4.99 Å². The summed E-state index contributed by atoms with van der Waals surface area (Å²) >= 11 is 10.9. The number of aromatic hydroxyl groups is 1. The zero-order valence-corrected chi connectivity index (χ0v) is 21.0. The highest BCUT2D eigenvalue weighted by molar-refractivity contribution is 9.10. The maximum atomic E-state index is 13.7. The molecule has 0 fully saturated rings. The summed E-state index contributed by atoms with van der Waals surface area (Å²) in [6.07, 6.45) is 3.61. The lowest BCUT2D eigenvalue weighted by Gasteiger charge is -2.30. The molecule has 4 nitrogen and oxygen atoms in total. The van der Waals surface area contributed by atoms with E-state index in [-0.39, 0.29) is 17.4 Å². The number of aromatic nitrogens is 1. The van der Waals surface area contributed by atoms with Gasteiger partial charge in [0.15, 0.2) is 4.80 Å². The molecule has 1 unspecified atom stereocenters. The van der Waals surface area contributed by atoms with Gasteiger partial charge in [-0.05, 0) is 81.4 Å². The summed E-state index contributed by atoms with van der Waals surface area (Å²) in [5, 5.41) is 10.5. The van der Waals surface area contributed by atoms with Crippen LogP contribution in [-0.2, 0) is 6.42 Å². The van der Waals surface area contributed by atoms with E-state index in [9.17, 15) is 9.90 Å². The van der Waals surface area contributed by atoms with Crippen LogP contribution in [0.25, 0.3) is 11.8 Å². The quantitative estimate of drug-likeness (QED) is 0.362. The van der Waals surface area contributed by atoms with E-state index in [4.69, 9.17) is 16.6 Å². The van der Waals surface area contributed by atoms with Crippen molar-refractivity contribution >= 4 is 50.6 Å². The van der Waals surface area contributed by atoms with Crippen molar-refractivity contribution in [3.63, 3.8) is 0 Å². The Hall–Kier alpha value is -2.93. The van der Waals surface area contributed by atoms with Gasteiger partial charge in [-0.3, -0.25) is 9.36 Å². The molecule has 1 N–H and O–H groups in total. The number of halogens is 2. The van der Waals surface area contributed by atoms with Crippen LogP contribution in [0, 0.1) is 0 Å². The van der Waals surface area contributed by atoms with Gasteiger partial charge in [0.05, 0.1) is 20.7 Å². The average Bonchev–Trinajstić information content (AvgIpc) is 3.15. The van der Waals surface area contributed by atoms with Crippen molar-refractivity contribution in [3.05, 3.63) is 124 Å². The number of phenolic OH excluding ortho intramolecular Hbond substituents is 1. The predicted octanol–water partition coefficient (Wildman–Crippen LogP) is 5.44. The normalized spacial score (nSPS) is 17.1. The number of hydrogen-bond acceptors (Lipinski definition) is 4. The van der Waals surface area contributed by atoms with Gasteiger partial charge in [-0.2, -0.15) is 0 Å². The Morgan fingerprint density at radius 1 is 1.09 bits per heavy atom. The SMILES string of the molecule is O=c1c(=Cc2ccc(O)c(Br)c2)sc2n1C(c1ccc(Cl)cc1)C1=C(N=2)c2ccccc2CC1. The third kappa shape index (κ3) is 3.57. The van der Waals surface area contributed by atoms with Crippen LogP contribution in [0.4, 0.5) is 0 Å². The molecule has 2 heterocycles. The van der Waals surface area contributed by atoms with Crippen LogP contribution in [0.2, 0.25) is 5.02 Å². The van der Waals surface area contributed by atoms with Crippen molar-refractivity contribution in [3.8, 4) is 5.75 Å². The number of aryl methyl sites for hydroxylation is 1. The number of fused-ring (bicyclic) bond motifs is 3. The molecule has 0 amide bonds. The average molecular weight is 550 g/mol. The summed E-state index contributed by atoms with van der Waals surface area (Å²) in [7, 11) is 0. The van der Waals surface area contributed by atoms with E-state index in [0.717, 1.165) is 40.8 Å². The molecule has 3 aromatic carbocycles. The van der Waals surface area contributed by atoms with E-state index in [1.54, 1.807) is 18.2 Å². The maximum absolute atomic E-state index is 13.7. The van der Waals surface area contributed by atoms with E-state index in [1.807, 2.05) is 41.0 Å². The molecule has 1 atom stereocenters. The Balaban J connectivity index is 1.62. The highest BCUT2D eigenvalue weighted by Crippen LogP contribution is 2.41. The number of nitrogens with zero attached hydrogens (tertiary/aromatic N) is 2. The lowest BCUT2D eigenvalue weighted by Crippen LogP contribution is -2.38. The van der Waals surface area contributed by atoms with Gasteiger partial charge in [0.1, 0.15) is 5.75 Å². The second kappa shape index (κ2) is 8.38. The van der Waals surface area contributed by atoms with Crippen molar-refractivity contribution in [2.45, 2.75) is 18.9 Å². The van der Waals surface area contributed by atoms with E-state index in [0.29, 0.717) is 18.8 Å². The van der Waals surface area contributed by atoms with E-state index >= 15 is 0 Å². The molecule has 168 valence electrons. The van der Waals surface area contributed by atoms with Gasteiger partial charge >= 0.3 is 0 Å². The summed E-state index contributed by atoms with van der Waals surface area (Å²) in [4.78, 5) is 19.4. The second-order valence-corrected chi connectivity index (χ2v) is 10.7. The molecule has 1 aromatic heterocycles. The largest absolute Gasteiger partial charge is 0.507 e. The van der Waals surface area contributed by atoms with E-state index < -0.39 is 0 Å². The predicted molar refractivity (Wildman–Crippen MR) is 140 cm³/mol. The third-order valence-corrected chi connectivity index (χ3v) is 8.20. The number of thiazole rings is 1. The monoisotopic (exact) mass is 548 g/mol. The van der Waals surface area contributed by atoms with Crippen LogP contribution in [0.5, 0.6) is 5.75 Å². The Morgan fingerprint density at radius 2 is 1.88 bits per heavy atom. The topological polar surface area (TPSA) is 54.6 Å². The first kappa shape index (κ1) is 21.6. The molecular formula is C27H18BrClN2O2S. The molecule has 0 saturated carbocycles. The summed E-state index contributed by atoms with van der Waals surface area (Å²) in [6, 6.07) is 21.1. The molecular weight excluding hydrogens is 532 g/mol. The maximum Gasteiger partial charge on any atom is 0.271 e. The Labute approximate surface area is 212 Å². The Kier molecular flexibility index (Phi) is 5.32. The van der Waals surface area contributed by atoms with Crippen molar-refractivity contribution in [1.29, 1.82) is 0 Å². The molecule has 4 aromatic rings. The third-order valence-electron chi connectivity index (χ3n) is 6.33. The number of rotatable bonds is 2. The summed E-state index contributed by atoms with van der Waals surface area (Å²) in [5.74, 6) is 0.160. The number of hydrogen-bond donors (Lipinski definition) is 1. The first-order valence-electron chi connectivity index (χ1n) is 10.9. The molecule has 2 aliphatic rings. The summed E-state index contributed by atoms with van der Waals surface area (Å²) in [6.45, 7) is 0. The van der Waals surface area contributed by atoms with Gasteiger partial charge < -0.3 is 5.11 Å². The number of allylic oxidation sites excluding steroid dienone is 1. The number of phenols is 1. The van der Waals surface area contributed by atoms with Crippen LogP contribution in [0.15, 0.2) is 86.6 Å². The molecule has 0 radical (unpaired) electrons. The molecule has 7 heteroatoms. The Morgan fingerprint density at radius 3 is 2.68 bits per heavy atom. The fourth-order valence-corrected chi connectivity index (χ4v) is 6.26. The molecule has 0 spiro atoms. The van der Waals surface area contributed by atoms with Gasteiger partial charge in [-0.1, -0.05) is 65.4 Å². The molecule has 0 bridgehead atoms. The first-order valence-corrected chi connectivity index (χ1v) is 12.9. The van der Waals surface area contributed by atoms with Gasteiger partial charge in [0.25, 0.3) is 5.56 Å². The molecule has 34 heavy (non-hydrogen) atoms. The van der Waals surface area contributed by atoms with Crippen LogP contribution in [-0.4, -0.2) is 9.67 Å². The van der Waals surface area contributed by atoms with Gasteiger partial charge in [-0.15, -0.1) is 0 Å². The minimum Gasteiger partial charge on any atom is -0.507 e. The highest BCUT2D eigenvalue weighted by Gasteiger charge is 2.32. The minimum atomic E-state index is -0.231. The van der Waals surface area contributed by atoms with Gasteiger partial charge in [0, 0.05) is 10.6 Å².